The molecule has 0 saturated carbocycles. The van der Waals surface area contributed by atoms with Crippen molar-refractivity contribution in [1.82, 2.24) is 0 Å². The van der Waals surface area contributed by atoms with E-state index in [9.17, 15) is 0 Å². The van der Waals surface area contributed by atoms with Gasteiger partial charge in [-0.25, -0.2) is 0 Å². The molecule has 15 rings (SSSR count). The van der Waals surface area contributed by atoms with Crippen LogP contribution in [0.1, 0.15) is 117 Å². The summed E-state index contributed by atoms with van der Waals surface area (Å²) in [7, 11) is 0. The number of allylic oxidation sites excluding steroid dienone is 3. The highest BCUT2D eigenvalue weighted by Gasteiger charge is 2.48. The van der Waals surface area contributed by atoms with E-state index in [1.54, 1.807) is 0 Å². The molecule has 0 amide bonds. The molecule has 0 radical (unpaired) electrons. The first-order valence-corrected chi connectivity index (χ1v) is 31.0. The minimum atomic E-state index is -0.535. The van der Waals surface area contributed by atoms with Crippen molar-refractivity contribution in [3.63, 3.8) is 0 Å². The average Bonchev–Trinajstić information content (AvgIpc) is 1.58. The number of fused-ring (bicyclic) bond motifs is 3. The molecule has 12 aromatic carbocycles. The van der Waals surface area contributed by atoms with Gasteiger partial charge in [-0.05, 0) is 196 Å². The lowest BCUT2D eigenvalue weighted by atomic mass is 9.65. The molecule has 3 aliphatic rings. The minimum Gasteiger partial charge on any atom is -0.311 e. The van der Waals surface area contributed by atoms with Crippen molar-refractivity contribution in [1.29, 1.82) is 0 Å². The maximum absolute atomic E-state index is 2.44. The molecule has 0 bridgehead atoms. The maximum Gasteiger partial charge on any atom is 0.0713 e. The van der Waals surface area contributed by atoms with Gasteiger partial charge in [-0.1, -0.05) is 288 Å². The Morgan fingerprint density at radius 2 is 0.398 bits per heavy atom. The van der Waals surface area contributed by atoms with Gasteiger partial charge in [-0.3, -0.25) is 0 Å². The van der Waals surface area contributed by atoms with Crippen LogP contribution in [0.15, 0.2) is 291 Å². The van der Waals surface area contributed by atoms with Crippen LogP contribution < -0.4 is 4.90 Å². The highest BCUT2D eigenvalue weighted by Crippen LogP contribution is 2.59. The number of hydrogen-bond donors (Lipinski definition) is 0. The molecule has 1 nitrogen and oxygen atoms in total. The molecule has 0 spiro atoms. The fourth-order valence-electron chi connectivity index (χ4n) is 15.0. The molecule has 0 aromatic heterocycles. The van der Waals surface area contributed by atoms with Crippen LogP contribution in [0.3, 0.4) is 0 Å². The molecule has 0 aliphatic heterocycles. The standard InChI is InChI=1S/C87H69N/c1-58-19-37-70(38-20-58)85(71-39-21-59(2)22-40-71)79-16-10-7-13-67(79)55-82(85)64-31-49-76(50-32-64)88(77-51-33-65(34-52-77)83-56-68-14-8-11-17-80(68)86(83,72-41-23-60(3)24-42-72)73-43-25-61(4)26-44-73)78-53-35-66(36-54-78)84-57-69-15-9-12-18-81(69)87(84,74-45-27-62(5)28-46-74)75-47-29-63(6)30-48-75/h7-57H,1-6H3. The average molecular weight is 1130 g/mol. The van der Waals surface area contributed by atoms with E-state index >= 15 is 0 Å². The van der Waals surface area contributed by atoms with Crippen LogP contribution in [0.4, 0.5) is 17.1 Å². The van der Waals surface area contributed by atoms with Gasteiger partial charge in [0.25, 0.3) is 0 Å². The van der Waals surface area contributed by atoms with Gasteiger partial charge in [-0.15, -0.1) is 0 Å². The van der Waals surface area contributed by atoms with Crippen molar-refractivity contribution in [2.45, 2.75) is 57.8 Å². The van der Waals surface area contributed by atoms with E-state index in [4.69, 9.17) is 0 Å². The first-order valence-electron chi connectivity index (χ1n) is 31.0. The van der Waals surface area contributed by atoms with Gasteiger partial charge >= 0.3 is 0 Å². The summed E-state index contributed by atoms with van der Waals surface area (Å²) in [5.74, 6) is 0. The Labute approximate surface area is 519 Å². The number of hydrogen-bond acceptors (Lipinski definition) is 1. The molecule has 0 atom stereocenters. The highest BCUT2D eigenvalue weighted by atomic mass is 15.1. The van der Waals surface area contributed by atoms with Gasteiger partial charge in [0, 0.05) is 17.1 Å². The van der Waals surface area contributed by atoms with Crippen LogP contribution in [-0.2, 0) is 16.2 Å². The van der Waals surface area contributed by atoms with Crippen molar-refractivity contribution in [3.8, 4) is 0 Å². The van der Waals surface area contributed by atoms with Gasteiger partial charge in [0.05, 0.1) is 16.2 Å². The van der Waals surface area contributed by atoms with Gasteiger partial charge in [0.2, 0.25) is 0 Å². The third-order valence-electron chi connectivity index (χ3n) is 19.4. The van der Waals surface area contributed by atoms with Crippen LogP contribution in [0.2, 0.25) is 0 Å². The summed E-state index contributed by atoms with van der Waals surface area (Å²) >= 11 is 0. The molecule has 0 saturated heterocycles. The summed E-state index contributed by atoms with van der Waals surface area (Å²) in [5, 5.41) is 0. The summed E-state index contributed by atoms with van der Waals surface area (Å²) in [6.45, 7) is 13.1. The van der Waals surface area contributed by atoms with E-state index in [1.165, 1.54) is 134 Å². The smallest absolute Gasteiger partial charge is 0.0713 e. The monoisotopic (exact) mass is 1130 g/mol. The maximum atomic E-state index is 2.44. The Morgan fingerprint density at radius 3 is 0.602 bits per heavy atom. The lowest BCUT2D eigenvalue weighted by Crippen LogP contribution is -2.29. The van der Waals surface area contributed by atoms with Crippen LogP contribution in [-0.4, -0.2) is 0 Å². The van der Waals surface area contributed by atoms with Gasteiger partial charge in [-0.2, -0.15) is 0 Å². The van der Waals surface area contributed by atoms with Crippen LogP contribution in [0, 0.1) is 41.5 Å². The summed E-state index contributed by atoms with van der Waals surface area (Å²) in [6.07, 6.45) is 7.31. The fraction of sp³-hybridized carbons (Fsp3) is 0.103. The second-order valence-electron chi connectivity index (χ2n) is 24.9. The SMILES string of the molecule is Cc1ccc(C2(c3ccc(C)cc3)C(c3ccc(N(c4ccc(C5=Cc6ccccc6C5(c5ccc(C)cc5)c5ccc(C)cc5)cc4)c4ccc(C5=Cc6ccccc6C5(c5ccc(C)cc5)c5ccc(C)cc5)cc4)cc3)=Cc3ccccc32)cc1. The van der Waals surface area contributed by atoms with Crippen LogP contribution in [0.5, 0.6) is 0 Å². The Hall–Kier alpha value is -10.3. The van der Waals surface area contributed by atoms with Crippen molar-refractivity contribution in [3.05, 3.63) is 408 Å². The number of anilines is 3. The van der Waals surface area contributed by atoms with Gasteiger partial charge in [0.1, 0.15) is 0 Å². The quantitative estimate of drug-likeness (QED) is 0.118. The van der Waals surface area contributed by atoms with E-state index in [0.717, 1.165) is 17.1 Å². The number of nitrogens with zero attached hydrogens (tertiary/aromatic N) is 1. The normalized spacial score (nSPS) is 14.7. The van der Waals surface area contributed by atoms with E-state index < -0.39 is 16.2 Å². The lowest BCUT2D eigenvalue weighted by molar-refractivity contribution is 0.813. The van der Waals surface area contributed by atoms with E-state index in [0.29, 0.717) is 0 Å². The zero-order valence-electron chi connectivity index (χ0n) is 50.9. The molecule has 88 heavy (non-hydrogen) atoms. The molecule has 0 fully saturated rings. The van der Waals surface area contributed by atoms with Gasteiger partial charge in [0.15, 0.2) is 0 Å². The number of aryl methyl sites for hydroxylation is 6. The zero-order valence-corrected chi connectivity index (χ0v) is 50.9. The summed E-state index contributed by atoms with van der Waals surface area (Å²) in [5.41, 5.74) is 31.6. The lowest BCUT2D eigenvalue weighted by Gasteiger charge is -2.37. The third-order valence-corrected chi connectivity index (χ3v) is 19.4. The topological polar surface area (TPSA) is 3.24 Å². The summed E-state index contributed by atoms with van der Waals surface area (Å²) < 4.78 is 0. The molecule has 1 heteroatoms. The highest BCUT2D eigenvalue weighted by molar-refractivity contribution is 6.03. The third kappa shape index (κ3) is 8.66. The summed E-state index contributed by atoms with van der Waals surface area (Å²) in [6, 6.07) is 110. The molecular weight excluding hydrogens is 1060 g/mol. The second-order valence-corrected chi connectivity index (χ2v) is 24.9. The minimum absolute atomic E-state index is 0.535. The zero-order chi connectivity index (χ0) is 59.7. The molecular formula is C87H69N. The van der Waals surface area contributed by atoms with Crippen molar-refractivity contribution in [2.24, 2.45) is 0 Å². The van der Waals surface area contributed by atoms with E-state index in [2.05, 4.69) is 356 Å². The molecule has 0 unspecified atom stereocenters. The Balaban J connectivity index is 0.889. The molecule has 422 valence electrons. The largest absolute Gasteiger partial charge is 0.311 e. The second kappa shape index (κ2) is 21.6. The fourth-order valence-corrected chi connectivity index (χ4v) is 15.0. The van der Waals surface area contributed by atoms with E-state index in [-0.39, 0.29) is 0 Å². The van der Waals surface area contributed by atoms with Crippen molar-refractivity contribution >= 4 is 52.0 Å². The van der Waals surface area contributed by atoms with E-state index in [1.807, 2.05) is 0 Å². The van der Waals surface area contributed by atoms with Gasteiger partial charge < -0.3 is 4.90 Å². The van der Waals surface area contributed by atoms with Crippen LogP contribution >= 0.6 is 0 Å². The Kier molecular flexibility index (Phi) is 13.3. The molecule has 0 heterocycles. The van der Waals surface area contributed by atoms with Crippen molar-refractivity contribution < 1.29 is 0 Å². The molecule has 0 N–H and O–H groups in total. The first kappa shape index (κ1) is 54.3. The number of benzene rings is 12. The van der Waals surface area contributed by atoms with Crippen LogP contribution in [0.25, 0.3) is 34.9 Å². The molecule has 12 aromatic rings. The Bertz CT molecular complexity index is 4070. The molecule has 3 aliphatic carbocycles. The Morgan fingerprint density at radius 1 is 0.205 bits per heavy atom. The van der Waals surface area contributed by atoms with Crippen molar-refractivity contribution in [2.75, 3.05) is 4.90 Å². The first-order chi connectivity index (χ1) is 43.0. The summed E-state index contributed by atoms with van der Waals surface area (Å²) in [4.78, 5) is 2.44. The predicted molar refractivity (Wildman–Crippen MR) is 371 cm³/mol. The number of rotatable bonds is 12. The predicted octanol–water partition coefficient (Wildman–Crippen LogP) is 21.7.